The summed E-state index contributed by atoms with van der Waals surface area (Å²) in [5, 5.41) is 0. The Morgan fingerprint density at radius 2 is 1.19 bits per heavy atom. The minimum absolute atomic E-state index is 0.0985. The van der Waals surface area contributed by atoms with Gasteiger partial charge in [-0.3, -0.25) is 9.59 Å². The summed E-state index contributed by atoms with van der Waals surface area (Å²) in [6.45, 7) is 7.58. The summed E-state index contributed by atoms with van der Waals surface area (Å²) in [6, 6.07) is 0. The Bertz CT molecular complexity index is 311. The van der Waals surface area contributed by atoms with Crippen molar-refractivity contribution in [2.75, 3.05) is 23.0 Å². The minimum atomic E-state index is -0.471. The molecule has 7 heteroatoms. The first-order valence-electron chi connectivity index (χ1n) is 6.85. The molecule has 0 bridgehead atoms. The van der Waals surface area contributed by atoms with Gasteiger partial charge in [0.25, 0.3) is 0 Å². The van der Waals surface area contributed by atoms with Gasteiger partial charge in [0.2, 0.25) is 0 Å². The van der Waals surface area contributed by atoms with Crippen molar-refractivity contribution in [1.29, 1.82) is 0 Å². The second-order valence-corrected chi connectivity index (χ2v) is 7.75. The smallest absolute Gasteiger partial charge is 0.316 e. The van der Waals surface area contributed by atoms with Crippen LogP contribution in [0.4, 0.5) is 0 Å². The Morgan fingerprint density at radius 1 is 0.857 bits per heavy atom. The van der Waals surface area contributed by atoms with E-state index in [-0.39, 0.29) is 23.4 Å². The van der Waals surface area contributed by atoms with Crippen molar-refractivity contribution in [1.82, 2.24) is 0 Å². The number of thiol groups is 2. The summed E-state index contributed by atoms with van der Waals surface area (Å²) >= 11 is 9.54. The van der Waals surface area contributed by atoms with Gasteiger partial charge < -0.3 is 9.47 Å². The highest BCUT2D eigenvalue weighted by Crippen LogP contribution is 2.22. The number of carbonyl (C=O) groups excluding carboxylic acids is 2. The zero-order valence-electron chi connectivity index (χ0n) is 13.2. The van der Waals surface area contributed by atoms with E-state index in [2.05, 4.69) is 25.3 Å². The molecule has 0 saturated heterocycles. The van der Waals surface area contributed by atoms with E-state index in [1.54, 1.807) is 11.8 Å². The molecule has 0 aliphatic heterocycles. The monoisotopic (exact) mass is 354 g/mol. The summed E-state index contributed by atoms with van der Waals surface area (Å²) in [6.07, 6.45) is 1.54. The molecule has 0 aromatic carbocycles. The maximum atomic E-state index is 11.2. The third kappa shape index (κ3) is 11.2. The van der Waals surface area contributed by atoms with Gasteiger partial charge in [0.15, 0.2) is 0 Å². The molecule has 0 radical (unpaired) electrons. The van der Waals surface area contributed by atoms with Crippen LogP contribution in [0.25, 0.3) is 0 Å². The van der Waals surface area contributed by atoms with Crippen LogP contribution in [-0.4, -0.2) is 46.2 Å². The minimum Gasteiger partial charge on any atom is -0.459 e. The molecule has 21 heavy (non-hydrogen) atoms. The van der Waals surface area contributed by atoms with Gasteiger partial charge in [0.05, 0.1) is 11.5 Å². The van der Waals surface area contributed by atoms with Gasteiger partial charge in [0, 0.05) is 0 Å². The largest absolute Gasteiger partial charge is 0.459 e. The summed E-state index contributed by atoms with van der Waals surface area (Å²) in [7, 11) is 0. The Balaban J connectivity index is 3.90. The number of hydrogen-bond acceptors (Lipinski definition) is 7. The Labute approximate surface area is 142 Å². The van der Waals surface area contributed by atoms with Gasteiger partial charge in [-0.1, -0.05) is 0 Å². The average molecular weight is 355 g/mol. The maximum Gasteiger partial charge on any atom is 0.316 e. The molecule has 124 valence electrons. The summed E-state index contributed by atoms with van der Waals surface area (Å²) < 4.78 is 10.6. The van der Waals surface area contributed by atoms with Crippen molar-refractivity contribution in [2.45, 2.75) is 51.7 Å². The fourth-order valence-electron chi connectivity index (χ4n) is 1.52. The van der Waals surface area contributed by atoms with Crippen molar-refractivity contribution >= 4 is 49.0 Å². The molecule has 0 fully saturated rings. The number of carbonyl (C=O) groups is 2. The van der Waals surface area contributed by atoms with Gasteiger partial charge >= 0.3 is 11.9 Å². The van der Waals surface area contributed by atoms with E-state index >= 15 is 0 Å². The number of thioether (sulfide) groups is 1. The zero-order valence-corrected chi connectivity index (χ0v) is 15.8. The molecular formula is C14H26O4S3. The fraction of sp³-hybridized carbons (Fsp3) is 0.857. The van der Waals surface area contributed by atoms with E-state index in [9.17, 15) is 9.59 Å². The maximum absolute atomic E-state index is 11.2. The van der Waals surface area contributed by atoms with Crippen molar-refractivity contribution < 1.29 is 19.1 Å². The molecule has 0 aromatic heterocycles. The van der Waals surface area contributed by atoms with Crippen LogP contribution in [0, 0.1) is 0 Å². The molecule has 4 nitrogen and oxygen atoms in total. The third-order valence-corrected chi connectivity index (χ3v) is 4.24. The molecule has 0 unspecified atom stereocenters. The lowest BCUT2D eigenvalue weighted by atomic mass is 10.1. The lowest BCUT2D eigenvalue weighted by molar-refractivity contribution is -0.154. The van der Waals surface area contributed by atoms with Gasteiger partial charge in [-0.25, -0.2) is 0 Å². The molecule has 0 spiro atoms. The molecule has 0 rings (SSSR count). The molecular weight excluding hydrogens is 328 g/mol. The summed E-state index contributed by atoms with van der Waals surface area (Å²) in [5.74, 6) is 1.36. The number of ether oxygens (including phenoxy) is 2. The molecule has 0 aliphatic rings. The van der Waals surface area contributed by atoms with Crippen LogP contribution in [0.15, 0.2) is 0 Å². The molecule has 0 aromatic rings. The first-order valence-corrected chi connectivity index (χ1v) is 9.27. The SMILES string of the molecule is CC(C)(CCSCCC(C)(C)OC(=O)CS)OC(=O)CS. The topological polar surface area (TPSA) is 52.6 Å². The van der Waals surface area contributed by atoms with E-state index in [4.69, 9.17) is 9.47 Å². The van der Waals surface area contributed by atoms with Crippen molar-refractivity contribution in [3.8, 4) is 0 Å². The second kappa shape index (κ2) is 9.90. The predicted octanol–water partition coefficient (Wildman–Crippen LogP) is 3.00. The first kappa shape index (κ1) is 21.0. The first-order chi connectivity index (χ1) is 9.62. The van der Waals surface area contributed by atoms with Gasteiger partial charge in [-0.2, -0.15) is 37.0 Å². The lowest BCUT2D eigenvalue weighted by Gasteiger charge is -2.26. The fourth-order valence-corrected chi connectivity index (χ4v) is 3.13. The van der Waals surface area contributed by atoms with Crippen molar-refractivity contribution in [3.05, 3.63) is 0 Å². The van der Waals surface area contributed by atoms with E-state index in [1.165, 1.54) is 0 Å². The second-order valence-electron chi connectivity index (χ2n) is 5.90. The van der Waals surface area contributed by atoms with Crippen LogP contribution < -0.4 is 0 Å². The molecule has 0 saturated carbocycles. The Morgan fingerprint density at radius 3 is 1.48 bits per heavy atom. The van der Waals surface area contributed by atoms with Crippen LogP contribution in [-0.2, 0) is 19.1 Å². The molecule has 0 heterocycles. The quantitative estimate of drug-likeness (QED) is 0.359. The number of rotatable bonds is 10. The zero-order chi connectivity index (χ0) is 16.5. The van der Waals surface area contributed by atoms with E-state index in [0.717, 1.165) is 24.3 Å². The predicted molar refractivity (Wildman–Crippen MR) is 94.6 cm³/mol. The van der Waals surface area contributed by atoms with E-state index in [1.807, 2.05) is 27.7 Å². The highest BCUT2D eigenvalue weighted by atomic mass is 32.2. The Kier molecular flexibility index (Phi) is 9.89. The van der Waals surface area contributed by atoms with Gasteiger partial charge in [-0.15, -0.1) is 0 Å². The average Bonchev–Trinajstić information content (AvgIpc) is 2.36. The summed E-state index contributed by atoms with van der Waals surface area (Å²) in [4.78, 5) is 22.4. The van der Waals surface area contributed by atoms with Crippen LogP contribution in [0.2, 0.25) is 0 Å². The Hall–Kier alpha value is -0.0100. The lowest BCUT2D eigenvalue weighted by Crippen LogP contribution is -2.30. The normalized spacial score (nSPS) is 12.1. The highest BCUT2D eigenvalue weighted by Gasteiger charge is 2.24. The van der Waals surface area contributed by atoms with Gasteiger partial charge in [0.1, 0.15) is 11.2 Å². The van der Waals surface area contributed by atoms with Crippen LogP contribution in [0.3, 0.4) is 0 Å². The van der Waals surface area contributed by atoms with E-state index < -0.39 is 11.2 Å². The van der Waals surface area contributed by atoms with Crippen LogP contribution in [0.5, 0.6) is 0 Å². The standard InChI is InChI=1S/C14H26O4S3/c1-13(2,17-11(15)9-19)5-7-21-8-6-14(3,4)18-12(16)10-20/h19-20H,5-10H2,1-4H3. The molecule has 0 aliphatic carbocycles. The molecule has 0 N–H and O–H groups in total. The molecule has 0 amide bonds. The van der Waals surface area contributed by atoms with Crippen molar-refractivity contribution in [2.24, 2.45) is 0 Å². The van der Waals surface area contributed by atoms with Crippen LogP contribution in [0.1, 0.15) is 40.5 Å². The number of esters is 2. The van der Waals surface area contributed by atoms with Gasteiger partial charge in [-0.05, 0) is 52.0 Å². The highest BCUT2D eigenvalue weighted by molar-refractivity contribution is 7.99. The van der Waals surface area contributed by atoms with E-state index in [0.29, 0.717) is 0 Å². The molecule has 0 atom stereocenters. The van der Waals surface area contributed by atoms with Crippen LogP contribution >= 0.6 is 37.0 Å². The number of hydrogen-bond donors (Lipinski definition) is 2. The summed E-state index contributed by atoms with van der Waals surface area (Å²) in [5.41, 5.74) is -0.943. The van der Waals surface area contributed by atoms with Crippen molar-refractivity contribution in [3.63, 3.8) is 0 Å². The third-order valence-electron chi connectivity index (χ3n) is 2.74.